The topological polar surface area (TPSA) is 249 Å². The van der Waals surface area contributed by atoms with E-state index in [4.69, 9.17) is 74.8 Å². The molecule has 13 rings (SSSR count). The fraction of sp³-hybridized carbons (Fsp3) is 0.309. The molecule has 8 aromatic rings. The van der Waals surface area contributed by atoms with Crippen LogP contribution in [0.1, 0.15) is 122 Å². The summed E-state index contributed by atoms with van der Waals surface area (Å²) in [6.07, 6.45) is 2.61. The van der Waals surface area contributed by atoms with Crippen LogP contribution in [0.4, 0.5) is 11.4 Å². The number of fused-ring (bicyclic) bond motifs is 1. The lowest BCUT2D eigenvalue weighted by molar-refractivity contribution is -0.147. The molecule has 5 aliphatic heterocycles. The molecule has 5 heterocycles. The highest BCUT2D eigenvalue weighted by Gasteiger charge is 2.42. The standard InChI is InChI=1S/C25H27ClN2O3.C24H24ClNO6.C23H25ClN2O3.C22H23ClN2O3/c1-17-24(25(30)28-13-5-7-19-6-3-4-8-22(19)28)21(18-9-11-20(26)12-10-18)16-23(29)27(17)14-15-31-2;1-15-23(24(29)32-14-17-6-4-5-7-20(17)30-2)19(16-8-10-18(25)11-9-16)12-21(27)26(15)13-22(28)31-3;1-16-22(23(28)25-15-17-6-4-3-5-7-17)20(18-8-10-19(24)11-9-18)14-21(27)26(16)12-13-29-2;1-15-21(22(27)24-18-6-4-3-5-7-18)19(16-8-10-17(23)11-9-16)14-20(26)25(15)12-13-28-2/h3-4,6,8-12,21H,5,7,13-16H2,1-2H3;4-11,19H,12-14H2,1-3H3;3-11,20H,12-15H2,1-2H3,(H,25,28);3-11,19H,12-14H2,1-2H3,(H,24,27). The largest absolute Gasteiger partial charge is 0.496 e. The minimum Gasteiger partial charge on any atom is -0.496 e. The van der Waals surface area contributed by atoms with Crippen LogP contribution >= 0.6 is 46.4 Å². The van der Waals surface area contributed by atoms with Crippen molar-refractivity contribution in [1.82, 2.24) is 24.9 Å². The minimum absolute atomic E-state index is 0.00207. The van der Waals surface area contributed by atoms with Gasteiger partial charge in [-0.05, 0) is 147 Å². The maximum Gasteiger partial charge on any atom is 0.336 e. The Hall–Kier alpha value is -11.2. The summed E-state index contributed by atoms with van der Waals surface area (Å²) < 4.78 is 31.1. The van der Waals surface area contributed by atoms with E-state index in [0.29, 0.717) is 135 Å². The third-order valence-electron chi connectivity index (χ3n) is 21.6. The molecule has 628 valence electrons. The summed E-state index contributed by atoms with van der Waals surface area (Å²) in [5, 5.41) is 8.37. The summed E-state index contributed by atoms with van der Waals surface area (Å²) in [6.45, 7) is 10.5. The van der Waals surface area contributed by atoms with Gasteiger partial charge in [0.2, 0.25) is 29.5 Å². The van der Waals surface area contributed by atoms with E-state index in [-0.39, 0.29) is 97.9 Å². The molecule has 4 atom stereocenters. The number of amides is 7. The Balaban J connectivity index is 0.000000168. The number of anilines is 2. The predicted octanol–water partition coefficient (Wildman–Crippen LogP) is 16.5. The number of benzene rings is 8. The van der Waals surface area contributed by atoms with Gasteiger partial charge in [-0.25, -0.2) is 4.79 Å². The number of hydrogen-bond donors (Lipinski definition) is 2. The monoisotopic (exact) mass is 1710 g/mol. The number of halogens is 4. The van der Waals surface area contributed by atoms with Crippen molar-refractivity contribution in [3.05, 3.63) is 310 Å². The normalized spacial score (nSPS) is 17.2. The van der Waals surface area contributed by atoms with Crippen LogP contribution in [0.2, 0.25) is 20.1 Å². The van der Waals surface area contributed by atoms with Crippen LogP contribution in [-0.2, 0) is 86.4 Å². The van der Waals surface area contributed by atoms with E-state index in [1.165, 1.54) is 17.6 Å². The third-order valence-corrected chi connectivity index (χ3v) is 22.6. The molecular weight excluding hydrogens is 1610 g/mol. The Kier molecular flexibility index (Phi) is 33.5. The number of esters is 2. The number of carbonyl (C=O) groups excluding carboxylic acids is 9. The lowest BCUT2D eigenvalue weighted by Crippen LogP contribution is -2.44. The Morgan fingerprint density at radius 2 is 0.825 bits per heavy atom. The quantitative estimate of drug-likeness (QED) is 0.0505. The molecule has 0 bridgehead atoms. The average Bonchev–Trinajstić information content (AvgIpc) is 0.826. The van der Waals surface area contributed by atoms with Gasteiger partial charge in [0.25, 0.3) is 11.8 Å². The number of nitrogens with one attached hydrogen (secondary N) is 2. The van der Waals surface area contributed by atoms with Gasteiger partial charge in [0.1, 0.15) is 18.9 Å². The molecule has 7 amide bonds. The average molecular weight is 1710 g/mol. The van der Waals surface area contributed by atoms with Crippen molar-refractivity contribution in [2.75, 3.05) is 98.3 Å². The Bertz CT molecular complexity index is 5100. The number of hydrogen-bond acceptors (Lipinski definition) is 15. The SMILES string of the molecule is COC(=O)CN1C(=O)CC(c2ccc(Cl)cc2)C(C(=O)OCc2ccccc2OC)=C1C.COCCN1C(=O)CC(c2ccc(Cl)cc2)C(C(=O)N2CCCc3ccccc32)=C1C.COCCN1C(=O)CC(c2ccc(Cl)cc2)C(C(=O)NCc2ccccc2)=C1C.COCCN1C(=O)CC(c2ccc(Cl)cc2)C(C(=O)Nc2ccccc2)=C1C. The second-order valence-corrected chi connectivity index (χ2v) is 30.7. The Labute approximate surface area is 720 Å². The van der Waals surface area contributed by atoms with Gasteiger partial charge in [0, 0.05) is 180 Å². The van der Waals surface area contributed by atoms with Crippen LogP contribution in [0.3, 0.4) is 0 Å². The van der Waals surface area contributed by atoms with E-state index in [9.17, 15) is 43.2 Å². The highest BCUT2D eigenvalue weighted by Crippen LogP contribution is 2.43. The first-order valence-electron chi connectivity index (χ1n) is 39.4. The molecular formula is C94H99Cl4N7O15. The Morgan fingerprint density at radius 1 is 0.433 bits per heavy atom. The molecule has 0 aromatic heterocycles. The van der Waals surface area contributed by atoms with Crippen LogP contribution in [-0.4, -0.2) is 161 Å². The van der Waals surface area contributed by atoms with Crippen molar-refractivity contribution in [3.8, 4) is 5.75 Å². The summed E-state index contributed by atoms with van der Waals surface area (Å²) in [7, 11) is 7.58. The van der Waals surface area contributed by atoms with Crippen molar-refractivity contribution in [1.29, 1.82) is 0 Å². The first-order valence-corrected chi connectivity index (χ1v) is 40.9. The molecule has 0 saturated carbocycles. The molecule has 5 aliphatic rings. The molecule has 0 saturated heterocycles. The second kappa shape index (κ2) is 44.2. The van der Waals surface area contributed by atoms with Gasteiger partial charge < -0.3 is 63.6 Å². The first-order chi connectivity index (χ1) is 57.9. The molecule has 8 aromatic carbocycles. The molecule has 26 heteroatoms. The molecule has 0 spiro atoms. The van der Waals surface area contributed by atoms with Crippen molar-refractivity contribution in [2.24, 2.45) is 0 Å². The van der Waals surface area contributed by atoms with E-state index in [1.807, 2.05) is 165 Å². The van der Waals surface area contributed by atoms with Gasteiger partial charge >= 0.3 is 11.9 Å². The van der Waals surface area contributed by atoms with Crippen LogP contribution in [0.15, 0.2) is 251 Å². The summed E-state index contributed by atoms with van der Waals surface area (Å²) in [4.78, 5) is 125. The predicted molar refractivity (Wildman–Crippen MR) is 464 cm³/mol. The molecule has 22 nitrogen and oxygen atoms in total. The number of rotatable bonds is 25. The zero-order valence-electron chi connectivity index (χ0n) is 68.6. The highest BCUT2D eigenvalue weighted by molar-refractivity contribution is 6.31. The van der Waals surface area contributed by atoms with Crippen LogP contribution in [0, 0.1) is 0 Å². The van der Waals surface area contributed by atoms with E-state index in [2.05, 4.69) is 16.7 Å². The maximum atomic E-state index is 14.0. The zero-order chi connectivity index (χ0) is 86.1. The van der Waals surface area contributed by atoms with Crippen LogP contribution < -0.4 is 20.3 Å². The second-order valence-electron chi connectivity index (χ2n) is 29.0. The van der Waals surface area contributed by atoms with Gasteiger partial charge in [-0.1, -0.05) is 180 Å². The van der Waals surface area contributed by atoms with E-state index >= 15 is 0 Å². The number of ether oxygens (including phenoxy) is 6. The summed E-state index contributed by atoms with van der Waals surface area (Å²) in [5.74, 6) is -2.74. The molecule has 4 unspecified atom stereocenters. The first kappa shape index (κ1) is 91.1. The number of aryl methyl sites for hydroxylation is 1. The fourth-order valence-corrected chi connectivity index (χ4v) is 15.9. The van der Waals surface area contributed by atoms with Crippen molar-refractivity contribution in [3.63, 3.8) is 0 Å². The van der Waals surface area contributed by atoms with Crippen molar-refractivity contribution < 1.29 is 71.6 Å². The Morgan fingerprint density at radius 3 is 1.28 bits per heavy atom. The highest BCUT2D eigenvalue weighted by atomic mass is 35.5. The van der Waals surface area contributed by atoms with Crippen molar-refractivity contribution in [2.45, 2.75) is 103 Å². The van der Waals surface area contributed by atoms with Gasteiger partial charge in [-0.15, -0.1) is 0 Å². The number of nitrogens with zero attached hydrogens (tertiary/aromatic N) is 5. The zero-order valence-corrected chi connectivity index (χ0v) is 71.6. The molecule has 0 radical (unpaired) electrons. The molecule has 0 aliphatic carbocycles. The van der Waals surface area contributed by atoms with E-state index < -0.39 is 17.9 Å². The minimum atomic E-state index is -0.579. The number of carbonyl (C=O) groups is 9. The van der Waals surface area contributed by atoms with Crippen LogP contribution in [0.5, 0.6) is 5.75 Å². The summed E-state index contributed by atoms with van der Waals surface area (Å²) >= 11 is 24.1. The third kappa shape index (κ3) is 23.2. The summed E-state index contributed by atoms with van der Waals surface area (Å²) in [6, 6.07) is 63.4. The lowest BCUT2D eigenvalue weighted by Gasteiger charge is -2.38. The lowest BCUT2D eigenvalue weighted by atomic mass is 9.82. The van der Waals surface area contributed by atoms with E-state index in [1.54, 1.807) is 111 Å². The number of para-hydroxylation sites is 3. The van der Waals surface area contributed by atoms with Gasteiger partial charge in [-0.2, -0.15) is 0 Å². The molecule has 0 fully saturated rings. The van der Waals surface area contributed by atoms with Gasteiger partial charge in [-0.3, -0.25) is 38.4 Å². The fourth-order valence-electron chi connectivity index (χ4n) is 15.4. The number of allylic oxidation sites excluding steroid dienone is 4. The maximum absolute atomic E-state index is 14.0. The van der Waals surface area contributed by atoms with Gasteiger partial charge in [0.15, 0.2) is 0 Å². The van der Waals surface area contributed by atoms with E-state index in [0.717, 1.165) is 46.3 Å². The summed E-state index contributed by atoms with van der Waals surface area (Å²) in [5.41, 5.74) is 12.6. The van der Waals surface area contributed by atoms with Crippen LogP contribution in [0.25, 0.3) is 0 Å². The molecule has 120 heavy (non-hydrogen) atoms. The van der Waals surface area contributed by atoms with Crippen molar-refractivity contribution >= 4 is 111 Å². The number of methoxy groups -OCH3 is 5. The van der Waals surface area contributed by atoms with Gasteiger partial charge in [0.05, 0.1) is 39.6 Å². The molecule has 2 N–H and O–H groups in total. The smallest absolute Gasteiger partial charge is 0.336 e.